The molecule has 0 aromatic carbocycles. The maximum atomic E-state index is 10.3. The summed E-state index contributed by atoms with van der Waals surface area (Å²) in [5, 5.41) is 0. The van der Waals surface area contributed by atoms with Crippen molar-refractivity contribution in [2.24, 2.45) is 17.8 Å². The lowest BCUT2D eigenvalue weighted by Gasteiger charge is -2.42. The van der Waals surface area contributed by atoms with E-state index in [1.165, 1.54) is 0 Å². The van der Waals surface area contributed by atoms with Gasteiger partial charge in [0.25, 0.3) is 12.9 Å². The summed E-state index contributed by atoms with van der Waals surface area (Å²) in [4.78, 5) is 20.5. The fourth-order valence-corrected chi connectivity index (χ4v) is 3.61. The van der Waals surface area contributed by atoms with E-state index in [2.05, 4.69) is 0 Å². The molecule has 0 amide bonds. The molecule has 70 valence electrons. The molecule has 4 nitrogen and oxygen atoms in total. The lowest BCUT2D eigenvalue weighted by molar-refractivity contribution is -0.187. The van der Waals surface area contributed by atoms with E-state index in [9.17, 15) is 9.59 Å². The predicted octanol–water partition coefficient (Wildman–Crippen LogP) is 0.109. The normalized spacial score (nSPS) is 54.5. The summed E-state index contributed by atoms with van der Waals surface area (Å²) in [6.45, 7) is 0.945. The SMILES string of the molecule is O=CO[C@H]1[C@@H]2CC[C@H]3[C@@H]2C31OC=O. The molecular formula is C9H10O4. The van der Waals surface area contributed by atoms with Crippen molar-refractivity contribution in [1.82, 2.24) is 0 Å². The Morgan fingerprint density at radius 2 is 2.08 bits per heavy atom. The average molecular weight is 182 g/mol. The van der Waals surface area contributed by atoms with Crippen molar-refractivity contribution >= 4 is 12.9 Å². The minimum absolute atomic E-state index is 0.154. The van der Waals surface area contributed by atoms with Gasteiger partial charge in [-0.15, -0.1) is 0 Å². The third-order valence-electron chi connectivity index (χ3n) is 3.99. The first-order valence-electron chi connectivity index (χ1n) is 4.57. The minimum atomic E-state index is -0.397. The van der Waals surface area contributed by atoms with Gasteiger partial charge in [-0.05, 0) is 12.8 Å². The van der Waals surface area contributed by atoms with Gasteiger partial charge in [0.2, 0.25) is 0 Å². The average Bonchev–Trinajstić information content (AvgIpc) is 2.52. The lowest BCUT2D eigenvalue weighted by Crippen LogP contribution is -2.53. The second-order valence-corrected chi connectivity index (χ2v) is 4.09. The molecule has 4 heteroatoms. The molecule has 0 aromatic rings. The summed E-state index contributed by atoms with van der Waals surface area (Å²) in [6, 6.07) is 0. The molecule has 1 unspecified atom stereocenters. The second kappa shape index (κ2) is 2.05. The van der Waals surface area contributed by atoms with Gasteiger partial charge < -0.3 is 9.47 Å². The molecule has 3 rings (SSSR count). The van der Waals surface area contributed by atoms with Crippen LogP contribution in [0.25, 0.3) is 0 Å². The highest BCUT2D eigenvalue weighted by Crippen LogP contribution is 2.77. The Bertz CT molecular complexity index is 264. The molecule has 3 fully saturated rings. The second-order valence-electron chi connectivity index (χ2n) is 4.09. The Kier molecular flexibility index (Phi) is 1.16. The van der Waals surface area contributed by atoms with Gasteiger partial charge in [0.05, 0.1) is 0 Å². The standard InChI is InChI=1S/C9H10O4/c10-3-12-8-5-1-2-6-7(5)9(6,8)13-4-11/h3-8H,1-2H2/t5-,6+,7-,8+,9?/m1/s1. The van der Waals surface area contributed by atoms with Crippen molar-refractivity contribution in [3.8, 4) is 0 Å². The van der Waals surface area contributed by atoms with Crippen LogP contribution in [0, 0.1) is 17.8 Å². The Labute approximate surface area is 75.2 Å². The van der Waals surface area contributed by atoms with Crippen molar-refractivity contribution in [1.29, 1.82) is 0 Å². The molecule has 5 atom stereocenters. The topological polar surface area (TPSA) is 52.6 Å². The number of fused-ring (bicyclic) bond motifs is 1. The summed E-state index contributed by atoms with van der Waals surface area (Å²) in [5.41, 5.74) is -0.397. The van der Waals surface area contributed by atoms with Gasteiger partial charge >= 0.3 is 0 Å². The number of carbonyl (C=O) groups is 2. The van der Waals surface area contributed by atoms with E-state index >= 15 is 0 Å². The van der Waals surface area contributed by atoms with Crippen LogP contribution in [0.3, 0.4) is 0 Å². The van der Waals surface area contributed by atoms with E-state index in [4.69, 9.17) is 9.47 Å². The van der Waals surface area contributed by atoms with E-state index in [0.29, 0.717) is 30.7 Å². The quantitative estimate of drug-likeness (QED) is 0.579. The number of carbonyl (C=O) groups excluding carboxylic acids is 2. The molecule has 13 heavy (non-hydrogen) atoms. The Morgan fingerprint density at radius 3 is 2.69 bits per heavy atom. The maximum absolute atomic E-state index is 10.3. The van der Waals surface area contributed by atoms with Crippen LogP contribution in [0.2, 0.25) is 0 Å². The van der Waals surface area contributed by atoms with Crippen LogP contribution >= 0.6 is 0 Å². The van der Waals surface area contributed by atoms with Crippen LogP contribution in [0.1, 0.15) is 12.8 Å². The highest BCUT2D eigenvalue weighted by atomic mass is 16.6. The number of hydrogen-bond donors (Lipinski definition) is 0. The van der Waals surface area contributed by atoms with Crippen molar-refractivity contribution in [3.63, 3.8) is 0 Å². The molecule has 0 heterocycles. The molecule has 0 bridgehead atoms. The zero-order chi connectivity index (χ0) is 9.05. The van der Waals surface area contributed by atoms with Crippen molar-refractivity contribution in [2.75, 3.05) is 0 Å². The highest BCUT2D eigenvalue weighted by molar-refractivity contribution is 5.48. The fourth-order valence-electron chi connectivity index (χ4n) is 3.61. The number of hydrogen-bond acceptors (Lipinski definition) is 4. The van der Waals surface area contributed by atoms with Crippen LogP contribution < -0.4 is 0 Å². The predicted molar refractivity (Wildman–Crippen MR) is 40.5 cm³/mol. The zero-order valence-electron chi connectivity index (χ0n) is 7.01. The molecule has 0 saturated heterocycles. The van der Waals surface area contributed by atoms with E-state index < -0.39 is 5.60 Å². The van der Waals surface area contributed by atoms with E-state index in [1.807, 2.05) is 0 Å². The molecule has 3 aliphatic carbocycles. The van der Waals surface area contributed by atoms with E-state index in [0.717, 1.165) is 12.8 Å². The van der Waals surface area contributed by atoms with Gasteiger partial charge in [0.15, 0.2) is 5.60 Å². The zero-order valence-corrected chi connectivity index (χ0v) is 7.01. The van der Waals surface area contributed by atoms with Crippen LogP contribution in [-0.4, -0.2) is 24.6 Å². The molecule has 0 aliphatic heterocycles. The number of rotatable bonds is 4. The van der Waals surface area contributed by atoms with Crippen molar-refractivity contribution in [3.05, 3.63) is 0 Å². The van der Waals surface area contributed by atoms with Crippen LogP contribution in [0.5, 0.6) is 0 Å². The molecule has 3 saturated carbocycles. The van der Waals surface area contributed by atoms with Crippen molar-refractivity contribution in [2.45, 2.75) is 24.5 Å². The molecule has 0 spiro atoms. The van der Waals surface area contributed by atoms with Gasteiger partial charge in [0.1, 0.15) is 6.10 Å². The van der Waals surface area contributed by atoms with Gasteiger partial charge in [-0.1, -0.05) is 0 Å². The molecular weight excluding hydrogens is 172 g/mol. The van der Waals surface area contributed by atoms with Gasteiger partial charge in [-0.3, -0.25) is 9.59 Å². The Hall–Kier alpha value is -1.06. The van der Waals surface area contributed by atoms with Gasteiger partial charge in [-0.25, -0.2) is 0 Å². The monoisotopic (exact) mass is 182 g/mol. The molecule has 3 aliphatic rings. The van der Waals surface area contributed by atoms with Crippen molar-refractivity contribution < 1.29 is 19.1 Å². The summed E-state index contributed by atoms with van der Waals surface area (Å²) in [5.74, 6) is 1.41. The summed E-state index contributed by atoms with van der Waals surface area (Å²) < 4.78 is 10.0. The highest BCUT2D eigenvalue weighted by Gasteiger charge is 2.87. The minimum Gasteiger partial charge on any atom is -0.460 e. The summed E-state index contributed by atoms with van der Waals surface area (Å²) in [7, 11) is 0. The van der Waals surface area contributed by atoms with Gasteiger partial charge in [-0.2, -0.15) is 0 Å². The van der Waals surface area contributed by atoms with Crippen LogP contribution in [0.4, 0.5) is 0 Å². The number of ether oxygens (including phenoxy) is 2. The largest absolute Gasteiger partial charge is 0.460 e. The van der Waals surface area contributed by atoms with Crippen LogP contribution in [-0.2, 0) is 19.1 Å². The molecule has 0 aromatic heterocycles. The maximum Gasteiger partial charge on any atom is 0.293 e. The summed E-state index contributed by atoms with van der Waals surface area (Å²) >= 11 is 0. The summed E-state index contributed by atoms with van der Waals surface area (Å²) in [6.07, 6.45) is 2.07. The third-order valence-corrected chi connectivity index (χ3v) is 3.99. The fraction of sp³-hybridized carbons (Fsp3) is 0.778. The first-order chi connectivity index (χ1) is 6.36. The van der Waals surface area contributed by atoms with E-state index in [-0.39, 0.29) is 6.10 Å². The molecule has 0 radical (unpaired) electrons. The third kappa shape index (κ3) is 0.577. The lowest BCUT2D eigenvalue weighted by atomic mass is 9.75. The molecule has 0 N–H and O–H groups in total. The van der Waals surface area contributed by atoms with E-state index in [1.54, 1.807) is 0 Å². The Morgan fingerprint density at radius 1 is 1.23 bits per heavy atom. The smallest absolute Gasteiger partial charge is 0.293 e. The Balaban J connectivity index is 1.82. The first kappa shape index (κ1) is 7.35. The van der Waals surface area contributed by atoms with Crippen LogP contribution in [0.15, 0.2) is 0 Å². The first-order valence-corrected chi connectivity index (χ1v) is 4.57. The van der Waals surface area contributed by atoms with Gasteiger partial charge in [0, 0.05) is 17.8 Å².